The number of rotatable bonds is 3. The van der Waals surface area contributed by atoms with Gasteiger partial charge in [0.15, 0.2) is 0 Å². The third kappa shape index (κ3) is 2.31. The van der Waals surface area contributed by atoms with E-state index in [-0.39, 0.29) is 5.91 Å². The number of para-hydroxylation sites is 1. The molecule has 1 N–H and O–H groups in total. The second-order valence-corrected chi connectivity index (χ2v) is 4.35. The molecule has 0 saturated carbocycles. The normalized spacial score (nSPS) is 12.9. The molecule has 6 heteroatoms. The molecule has 1 aromatic carbocycles. The van der Waals surface area contributed by atoms with Gasteiger partial charge in [0.2, 0.25) is 6.41 Å². The smallest absolute Gasteiger partial charge is 0.275 e. The number of fused-ring (bicyclic) bond motifs is 1. The number of hydrogen-bond acceptors (Lipinski definition) is 3. The van der Waals surface area contributed by atoms with Gasteiger partial charge in [-0.05, 0) is 18.2 Å². The highest BCUT2D eigenvalue weighted by molar-refractivity contribution is 6.02. The number of carbonyl (C=O) groups is 2. The Morgan fingerprint density at radius 3 is 2.85 bits per heavy atom. The van der Waals surface area contributed by atoms with Gasteiger partial charge in [0.05, 0.1) is 0 Å². The van der Waals surface area contributed by atoms with Gasteiger partial charge >= 0.3 is 0 Å². The third-order valence-corrected chi connectivity index (χ3v) is 2.94. The summed E-state index contributed by atoms with van der Waals surface area (Å²) in [5.41, 5.74) is 1.04. The molecule has 0 atom stereocenters. The summed E-state index contributed by atoms with van der Waals surface area (Å²) in [5.74, 6) is 0.380. The largest absolute Gasteiger partial charge is 0.321 e. The zero-order valence-electron chi connectivity index (χ0n) is 10.6. The van der Waals surface area contributed by atoms with Gasteiger partial charge in [-0.3, -0.25) is 9.59 Å². The summed E-state index contributed by atoms with van der Waals surface area (Å²) in [6, 6.07) is 9.19. The summed E-state index contributed by atoms with van der Waals surface area (Å²) in [4.78, 5) is 28.5. The average molecular weight is 268 g/mol. The van der Waals surface area contributed by atoms with Gasteiger partial charge in [-0.2, -0.15) is 0 Å². The minimum Gasteiger partial charge on any atom is -0.321 e. The zero-order valence-corrected chi connectivity index (χ0v) is 10.6. The fourth-order valence-electron chi connectivity index (χ4n) is 1.96. The number of nitrogens with one attached hydrogen (secondary N) is 1. The second kappa shape index (κ2) is 5.00. The maximum Gasteiger partial charge on any atom is 0.275 e. The van der Waals surface area contributed by atoms with Crippen molar-refractivity contribution in [2.75, 3.05) is 5.32 Å². The van der Waals surface area contributed by atoms with E-state index in [0.29, 0.717) is 23.9 Å². The van der Waals surface area contributed by atoms with Gasteiger partial charge in [0.1, 0.15) is 18.2 Å². The number of anilines is 1. The zero-order chi connectivity index (χ0) is 13.9. The first kappa shape index (κ1) is 12.2. The van der Waals surface area contributed by atoms with Crippen LogP contribution in [0.15, 0.2) is 42.7 Å². The third-order valence-electron chi connectivity index (χ3n) is 2.94. The highest BCUT2D eigenvalue weighted by Crippen LogP contribution is 2.14. The van der Waals surface area contributed by atoms with Crippen LogP contribution < -0.4 is 5.32 Å². The summed E-state index contributed by atoms with van der Waals surface area (Å²) in [5, 5.41) is 2.77. The Morgan fingerprint density at radius 2 is 2.10 bits per heavy atom. The van der Waals surface area contributed by atoms with Crippen LogP contribution in [0.5, 0.6) is 0 Å². The molecule has 2 heterocycles. The quantitative estimate of drug-likeness (QED) is 0.858. The van der Waals surface area contributed by atoms with E-state index >= 15 is 0 Å². The number of nitrogens with zero attached hydrogens (tertiary/aromatic N) is 3. The predicted octanol–water partition coefficient (Wildman–Crippen LogP) is 1.54. The fourth-order valence-corrected chi connectivity index (χ4v) is 1.96. The Balaban J connectivity index is 1.79. The minimum atomic E-state index is -0.274. The maximum absolute atomic E-state index is 12.1. The van der Waals surface area contributed by atoms with Crippen LogP contribution >= 0.6 is 0 Å². The number of imidazole rings is 1. The van der Waals surface area contributed by atoms with Crippen molar-refractivity contribution in [2.45, 2.75) is 6.67 Å². The molecule has 0 aliphatic carbocycles. The van der Waals surface area contributed by atoms with Crippen LogP contribution in [0.3, 0.4) is 0 Å². The number of carbonyl (C=O) groups excluding carboxylic acids is 2. The molecule has 3 rings (SSSR count). The average Bonchev–Trinajstić information content (AvgIpc) is 2.91. The molecule has 2 amide bonds. The molecule has 0 unspecified atom stereocenters. The van der Waals surface area contributed by atoms with Crippen LogP contribution in [0.1, 0.15) is 16.3 Å². The highest BCUT2D eigenvalue weighted by atomic mass is 16.2. The molecule has 0 spiro atoms. The van der Waals surface area contributed by atoms with Gasteiger partial charge < -0.3 is 14.8 Å². The van der Waals surface area contributed by atoms with Gasteiger partial charge in [0.25, 0.3) is 5.91 Å². The number of benzene rings is 1. The van der Waals surface area contributed by atoms with Gasteiger partial charge in [-0.25, -0.2) is 4.98 Å². The van der Waals surface area contributed by atoms with Crippen molar-refractivity contribution in [1.82, 2.24) is 14.5 Å². The summed E-state index contributed by atoms with van der Waals surface area (Å²) >= 11 is 0. The summed E-state index contributed by atoms with van der Waals surface area (Å²) in [6.45, 7) is 0.362. The van der Waals surface area contributed by atoms with E-state index in [1.807, 2.05) is 30.3 Å². The Hall–Kier alpha value is -2.89. The van der Waals surface area contributed by atoms with Crippen molar-refractivity contribution in [3.05, 3.63) is 54.2 Å². The van der Waals surface area contributed by atoms with Crippen LogP contribution in [0.2, 0.25) is 0 Å². The van der Waals surface area contributed by atoms with E-state index in [4.69, 9.17) is 0 Å². The van der Waals surface area contributed by atoms with Crippen LogP contribution in [0.4, 0.5) is 5.69 Å². The van der Waals surface area contributed by atoms with E-state index in [9.17, 15) is 9.59 Å². The van der Waals surface area contributed by atoms with Crippen molar-refractivity contribution in [1.29, 1.82) is 0 Å². The Morgan fingerprint density at radius 1 is 1.30 bits per heavy atom. The van der Waals surface area contributed by atoms with Crippen molar-refractivity contribution in [3.63, 3.8) is 0 Å². The van der Waals surface area contributed by atoms with Gasteiger partial charge in [-0.1, -0.05) is 18.2 Å². The van der Waals surface area contributed by atoms with Crippen molar-refractivity contribution in [3.8, 4) is 0 Å². The first-order valence-corrected chi connectivity index (χ1v) is 6.09. The maximum atomic E-state index is 12.1. The van der Waals surface area contributed by atoms with E-state index in [1.54, 1.807) is 23.0 Å². The molecule has 0 saturated heterocycles. The first-order valence-electron chi connectivity index (χ1n) is 6.09. The SMILES string of the molecule is O=CN1C=Cc2nc(C(=O)Nc3ccccc3)cn2C1. The number of amides is 2. The van der Waals surface area contributed by atoms with Crippen LogP contribution in [0.25, 0.3) is 6.08 Å². The summed E-state index contributed by atoms with van der Waals surface area (Å²) < 4.78 is 1.74. The predicted molar refractivity (Wildman–Crippen MR) is 73.6 cm³/mol. The molecular weight excluding hydrogens is 256 g/mol. The van der Waals surface area contributed by atoms with Crippen molar-refractivity contribution >= 4 is 24.1 Å². The molecule has 20 heavy (non-hydrogen) atoms. The molecule has 2 aromatic rings. The Kier molecular flexibility index (Phi) is 3.04. The van der Waals surface area contributed by atoms with Crippen LogP contribution in [-0.4, -0.2) is 26.8 Å². The lowest BCUT2D eigenvalue weighted by Gasteiger charge is -2.17. The van der Waals surface area contributed by atoms with Gasteiger partial charge in [-0.15, -0.1) is 0 Å². The van der Waals surface area contributed by atoms with Crippen LogP contribution in [-0.2, 0) is 11.5 Å². The summed E-state index contributed by atoms with van der Waals surface area (Å²) in [7, 11) is 0. The topological polar surface area (TPSA) is 67.2 Å². The lowest BCUT2D eigenvalue weighted by Crippen LogP contribution is -2.22. The monoisotopic (exact) mass is 268 g/mol. The van der Waals surface area contributed by atoms with Crippen molar-refractivity contribution < 1.29 is 9.59 Å². The van der Waals surface area contributed by atoms with E-state index in [0.717, 1.165) is 6.41 Å². The molecule has 1 aliphatic heterocycles. The molecule has 100 valence electrons. The minimum absolute atomic E-state index is 0.274. The highest BCUT2D eigenvalue weighted by Gasteiger charge is 2.16. The second-order valence-electron chi connectivity index (χ2n) is 4.35. The lowest BCUT2D eigenvalue weighted by atomic mass is 10.3. The lowest BCUT2D eigenvalue weighted by molar-refractivity contribution is -0.117. The van der Waals surface area contributed by atoms with Crippen LogP contribution in [0, 0.1) is 0 Å². The number of hydrogen-bond donors (Lipinski definition) is 1. The standard InChI is InChI=1S/C14H12N4O2/c19-10-17-7-6-13-16-12(8-18(13)9-17)14(20)15-11-4-2-1-3-5-11/h1-8,10H,9H2,(H,15,20). The fraction of sp³-hybridized carbons (Fsp3) is 0.0714. The summed E-state index contributed by atoms with van der Waals surface area (Å²) in [6.07, 6.45) is 5.68. The Labute approximate surface area is 115 Å². The molecule has 0 radical (unpaired) electrons. The molecule has 6 nitrogen and oxygen atoms in total. The number of aromatic nitrogens is 2. The molecule has 0 bridgehead atoms. The van der Waals surface area contributed by atoms with E-state index in [1.165, 1.54) is 4.90 Å². The molecule has 1 aliphatic rings. The molecule has 1 aromatic heterocycles. The molecular formula is C14H12N4O2. The Bertz CT molecular complexity index is 676. The van der Waals surface area contributed by atoms with Crippen molar-refractivity contribution in [2.24, 2.45) is 0 Å². The molecule has 0 fully saturated rings. The first-order chi connectivity index (χ1) is 9.76. The van der Waals surface area contributed by atoms with E-state index < -0.39 is 0 Å². The van der Waals surface area contributed by atoms with E-state index in [2.05, 4.69) is 10.3 Å². The van der Waals surface area contributed by atoms with Gasteiger partial charge in [0, 0.05) is 18.1 Å².